The quantitative estimate of drug-likeness (QED) is 0.349. The third-order valence-electron chi connectivity index (χ3n) is 5.29. The Morgan fingerprint density at radius 3 is 2.85 bits per heavy atom. The average Bonchev–Trinajstić information content (AvgIpc) is 3.16. The number of aromatic nitrogens is 4. The van der Waals surface area contributed by atoms with Crippen LogP contribution in [0.4, 0.5) is 4.39 Å². The highest BCUT2D eigenvalue weighted by molar-refractivity contribution is 6.35. The van der Waals surface area contributed by atoms with E-state index >= 15 is 0 Å². The van der Waals surface area contributed by atoms with E-state index in [0.29, 0.717) is 44.2 Å². The zero-order chi connectivity index (χ0) is 22.9. The Balaban J connectivity index is 1.31. The molecule has 2 aromatic carbocycles. The van der Waals surface area contributed by atoms with E-state index in [0.717, 1.165) is 16.5 Å². The van der Waals surface area contributed by atoms with Crippen LogP contribution in [0.5, 0.6) is 0 Å². The van der Waals surface area contributed by atoms with Gasteiger partial charge in [-0.15, -0.1) is 0 Å². The molecule has 0 fully saturated rings. The molecule has 0 radical (unpaired) electrons. The van der Waals surface area contributed by atoms with Gasteiger partial charge in [-0.2, -0.15) is 10.2 Å². The number of rotatable bonds is 5. The number of nitrogens with one attached hydrogen (secondary N) is 2. The summed E-state index contributed by atoms with van der Waals surface area (Å²) in [5.41, 5.74) is 3.63. The van der Waals surface area contributed by atoms with Crippen LogP contribution in [-0.4, -0.2) is 26.1 Å². The van der Waals surface area contributed by atoms with Crippen molar-refractivity contribution in [3.63, 3.8) is 0 Å². The van der Waals surface area contributed by atoms with E-state index in [1.54, 1.807) is 30.6 Å². The number of hydrogen-bond donors (Lipinski definition) is 2. The van der Waals surface area contributed by atoms with Crippen molar-refractivity contribution >= 4 is 50.9 Å². The smallest absolute Gasteiger partial charge is 0.253 e. The number of carbonyl (C=O) groups excluding carboxylic acids is 1. The van der Waals surface area contributed by atoms with Crippen LogP contribution in [0.2, 0.25) is 10.0 Å². The average molecular weight is 480 g/mol. The number of H-pyrrole nitrogens is 1. The van der Waals surface area contributed by atoms with Gasteiger partial charge in [-0.25, -0.2) is 4.39 Å². The minimum atomic E-state index is -0.432. The van der Waals surface area contributed by atoms with Crippen LogP contribution in [0.15, 0.2) is 61.1 Å². The van der Waals surface area contributed by atoms with Crippen molar-refractivity contribution in [1.29, 1.82) is 0 Å². The summed E-state index contributed by atoms with van der Waals surface area (Å²) in [7, 11) is 0. The molecule has 0 saturated carbocycles. The molecule has 5 aromatic rings. The first-order chi connectivity index (χ1) is 16.0. The highest BCUT2D eigenvalue weighted by Crippen LogP contribution is 2.26. The highest BCUT2D eigenvalue weighted by Gasteiger charge is 2.12. The summed E-state index contributed by atoms with van der Waals surface area (Å²) in [6, 6.07) is 12.1. The molecule has 33 heavy (non-hydrogen) atoms. The fourth-order valence-electron chi connectivity index (χ4n) is 3.64. The zero-order valence-electron chi connectivity index (χ0n) is 17.1. The van der Waals surface area contributed by atoms with Crippen LogP contribution in [0.3, 0.4) is 0 Å². The Kier molecular flexibility index (Phi) is 5.66. The minimum Gasteiger partial charge on any atom is -0.360 e. The number of halogens is 3. The summed E-state index contributed by atoms with van der Waals surface area (Å²) in [5.74, 6) is -0.812. The van der Waals surface area contributed by atoms with E-state index in [-0.39, 0.29) is 12.5 Å². The van der Waals surface area contributed by atoms with E-state index in [2.05, 4.69) is 25.5 Å². The maximum atomic E-state index is 14.4. The van der Waals surface area contributed by atoms with E-state index < -0.39 is 5.82 Å². The lowest BCUT2D eigenvalue weighted by Gasteiger charge is -2.08. The van der Waals surface area contributed by atoms with E-state index in [9.17, 15) is 9.18 Å². The maximum Gasteiger partial charge on any atom is 0.253 e. The van der Waals surface area contributed by atoms with Gasteiger partial charge in [0.25, 0.3) is 5.91 Å². The highest BCUT2D eigenvalue weighted by atomic mass is 35.5. The summed E-state index contributed by atoms with van der Waals surface area (Å²) >= 11 is 12.2. The second kappa shape index (κ2) is 8.77. The van der Waals surface area contributed by atoms with Crippen LogP contribution in [0, 0.1) is 5.82 Å². The summed E-state index contributed by atoms with van der Waals surface area (Å²) in [6.07, 6.45) is 5.17. The number of pyridine rings is 1. The molecule has 0 spiro atoms. The van der Waals surface area contributed by atoms with Crippen molar-refractivity contribution in [2.75, 3.05) is 0 Å². The van der Waals surface area contributed by atoms with Crippen molar-refractivity contribution in [2.45, 2.75) is 13.0 Å². The molecule has 9 heteroatoms. The predicted molar refractivity (Wildman–Crippen MR) is 126 cm³/mol. The molecule has 0 bridgehead atoms. The SMILES string of the molecule is O=C(NCc1cc2c(Cl)c[nH]c2cc1F)c1cnnc(Cc2cnc3ccc(Cl)cc3c2)c1. The molecule has 6 nitrogen and oxygen atoms in total. The lowest BCUT2D eigenvalue weighted by atomic mass is 10.1. The second-order valence-corrected chi connectivity index (χ2v) is 8.45. The van der Waals surface area contributed by atoms with Gasteiger partial charge in [0.2, 0.25) is 0 Å². The number of hydrogen-bond acceptors (Lipinski definition) is 4. The number of benzene rings is 2. The number of fused-ring (bicyclic) bond motifs is 2. The molecule has 3 aromatic heterocycles. The molecule has 0 atom stereocenters. The first-order valence-corrected chi connectivity index (χ1v) is 10.8. The van der Waals surface area contributed by atoms with Crippen LogP contribution in [0.25, 0.3) is 21.8 Å². The van der Waals surface area contributed by atoms with Gasteiger partial charge in [0.05, 0.1) is 28.0 Å². The molecule has 0 aliphatic heterocycles. The fourth-order valence-corrected chi connectivity index (χ4v) is 4.03. The zero-order valence-corrected chi connectivity index (χ0v) is 18.6. The van der Waals surface area contributed by atoms with Crippen molar-refractivity contribution in [3.05, 3.63) is 99.3 Å². The van der Waals surface area contributed by atoms with Crippen LogP contribution < -0.4 is 5.32 Å². The van der Waals surface area contributed by atoms with E-state index in [4.69, 9.17) is 23.2 Å². The Morgan fingerprint density at radius 1 is 1.09 bits per heavy atom. The Labute approximate surface area is 197 Å². The molecule has 5 rings (SSSR count). The van der Waals surface area contributed by atoms with E-state index in [1.807, 2.05) is 18.2 Å². The Hall–Kier alpha value is -3.55. The van der Waals surface area contributed by atoms with Gasteiger partial charge in [0, 0.05) is 52.2 Å². The van der Waals surface area contributed by atoms with Gasteiger partial charge in [0.15, 0.2) is 0 Å². The Morgan fingerprint density at radius 2 is 1.97 bits per heavy atom. The van der Waals surface area contributed by atoms with Gasteiger partial charge in [0.1, 0.15) is 5.82 Å². The fraction of sp³-hybridized carbons (Fsp3) is 0.0833. The summed E-state index contributed by atoms with van der Waals surface area (Å²) in [4.78, 5) is 20.0. The number of amides is 1. The van der Waals surface area contributed by atoms with Crippen LogP contribution in [-0.2, 0) is 13.0 Å². The van der Waals surface area contributed by atoms with Crippen LogP contribution in [0.1, 0.15) is 27.2 Å². The molecule has 2 N–H and O–H groups in total. The molecule has 1 amide bonds. The summed E-state index contributed by atoms with van der Waals surface area (Å²) in [6.45, 7) is 0.00905. The maximum absolute atomic E-state index is 14.4. The van der Waals surface area contributed by atoms with Crippen molar-refractivity contribution in [1.82, 2.24) is 25.5 Å². The topological polar surface area (TPSA) is 83.6 Å². The second-order valence-electron chi connectivity index (χ2n) is 7.60. The molecule has 0 aliphatic carbocycles. The molecular formula is C24H16Cl2FN5O. The molecule has 0 saturated heterocycles. The Bertz CT molecular complexity index is 1520. The monoisotopic (exact) mass is 479 g/mol. The minimum absolute atomic E-state index is 0.00905. The van der Waals surface area contributed by atoms with Crippen molar-refractivity contribution in [3.8, 4) is 0 Å². The molecular weight excluding hydrogens is 464 g/mol. The lowest BCUT2D eigenvalue weighted by Crippen LogP contribution is -2.24. The predicted octanol–water partition coefficient (Wildman–Crippen LogP) is 5.47. The number of nitrogens with zero attached hydrogens (tertiary/aromatic N) is 3. The number of aromatic amines is 1. The normalized spacial score (nSPS) is 11.2. The van der Waals surface area contributed by atoms with Crippen molar-refractivity contribution < 1.29 is 9.18 Å². The standard InChI is InChI=1S/C24H16Cl2FN5O/c25-17-1-2-22-14(5-17)3-13(9-28-22)4-18-6-16(11-31-32-18)24(33)30-10-15-7-19-20(26)12-29-23(19)8-21(15)27/h1-3,5-9,11-12,29H,4,10H2,(H,30,33). The van der Waals surface area contributed by atoms with Gasteiger partial charge >= 0.3 is 0 Å². The number of carbonyl (C=O) groups is 1. The summed E-state index contributed by atoms with van der Waals surface area (Å²) < 4.78 is 14.4. The molecule has 0 aliphatic rings. The van der Waals surface area contributed by atoms with Gasteiger partial charge in [-0.05, 0) is 48.0 Å². The first kappa shape index (κ1) is 21.3. The molecule has 3 heterocycles. The largest absolute Gasteiger partial charge is 0.360 e. The lowest BCUT2D eigenvalue weighted by molar-refractivity contribution is 0.0950. The molecule has 164 valence electrons. The van der Waals surface area contributed by atoms with Crippen molar-refractivity contribution in [2.24, 2.45) is 0 Å². The third kappa shape index (κ3) is 4.51. The van der Waals surface area contributed by atoms with Gasteiger partial charge in [-0.3, -0.25) is 9.78 Å². The van der Waals surface area contributed by atoms with E-state index in [1.165, 1.54) is 12.3 Å². The summed E-state index contributed by atoms with van der Waals surface area (Å²) in [5, 5.41) is 13.5. The third-order valence-corrected chi connectivity index (χ3v) is 5.84. The van der Waals surface area contributed by atoms with Crippen LogP contribution >= 0.6 is 23.2 Å². The van der Waals surface area contributed by atoms with Gasteiger partial charge < -0.3 is 10.3 Å². The van der Waals surface area contributed by atoms with Gasteiger partial charge in [-0.1, -0.05) is 23.2 Å². The molecule has 0 unspecified atom stereocenters. The first-order valence-electron chi connectivity index (χ1n) is 10.1.